The molecule has 3 rings (SSSR count). The number of hydrogen-bond acceptors (Lipinski definition) is 6. The lowest BCUT2D eigenvalue weighted by atomic mass is 10.0. The second-order valence-corrected chi connectivity index (χ2v) is 7.24. The number of primary amides is 1. The van der Waals surface area contributed by atoms with E-state index in [0.29, 0.717) is 35.8 Å². The number of hydrogen-bond donors (Lipinski definition) is 3. The fraction of sp³-hybridized carbons (Fsp3) is 0.409. The molecule has 4 N–H and O–H groups in total. The van der Waals surface area contributed by atoms with Crippen LogP contribution in [-0.2, 0) is 6.42 Å². The Morgan fingerprint density at radius 2 is 2.00 bits per heavy atom. The summed E-state index contributed by atoms with van der Waals surface area (Å²) in [4.78, 5) is 28.3. The molecule has 1 aliphatic rings. The number of carbonyl (C=O) groups excluding carboxylic acids is 2. The van der Waals surface area contributed by atoms with Crippen molar-refractivity contribution in [1.82, 2.24) is 10.3 Å². The molecule has 0 unspecified atom stereocenters. The first-order chi connectivity index (χ1) is 14.0. The Morgan fingerprint density at radius 3 is 2.66 bits per heavy atom. The molecule has 1 amide bonds. The molecule has 154 valence electrons. The highest BCUT2D eigenvalue weighted by Crippen LogP contribution is 2.25. The van der Waals surface area contributed by atoms with Gasteiger partial charge >= 0.3 is 0 Å². The van der Waals surface area contributed by atoms with Crippen molar-refractivity contribution in [3.05, 3.63) is 52.8 Å². The van der Waals surface area contributed by atoms with Crippen LogP contribution < -0.4 is 21.1 Å². The lowest BCUT2D eigenvalue weighted by Gasteiger charge is -2.25. The molecular weight excluding hydrogens is 368 g/mol. The van der Waals surface area contributed by atoms with Crippen LogP contribution in [0.5, 0.6) is 5.75 Å². The summed E-state index contributed by atoms with van der Waals surface area (Å²) in [5.74, 6) is 0.117. The maximum absolute atomic E-state index is 12.0. The molecule has 7 heteroatoms. The van der Waals surface area contributed by atoms with Gasteiger partial charge in [-0.1, -0.05) is 13.0 Å². The first kappa shape index (κ1) is 20.8. The second kappa shape index (κ2) is 9.52. The van der Waals surface area contributed by atoms with Crippen molar-refractivity contribution in [3.8, 4) is 5.75 Å². The first-order valence-electron chi connectivity index (χ1n) is 9.98. The summed E-state index contributed by atoms with van der Waals surface area (Å²) in [6.45, 7) is 3.73. The van der Waals surface area contributed by atoms with Crippen molar-refractivity contribution in [2.45, 2.75) is 38.6 Å². The Morgan fingerprint density at radius 1 is 1.24 bits per heavy atom. The maximum atomic E-state index is 12.0. The number of pyridine rings is 1. The van der Waals surface area contributed by atoms with E-state index in [1.807, 2.05) is 25.1 Å². The van der Waals surface area contributed by atoms with Crippen LogP contribution in [0.25, 0.3) is 0 Å². The minimum absolute atomic E-state index is 0.0470. The minimum Gasteiger partial charge on any atom is -0.496 e. The van der Waals surface area contributed by atoms with Gasteiger partial charge in [-0.2, -0.15) is 0 Å². The number of nitrogens with one attached hydrogen (secondary N) is 2. The first-order valence-corrected chi connectivity index (χ1v) is 9.98. The third kappa shape index (κ3) is 5.12. The number of nitrogens with zero attached hydrogens (tertiary/aromatic N) is 1. The number of ketones is 1. The normalized spacial score (nSPS) is 14.4. The van der Waals surface area contributed by atoms with E-state index in [4.69, 9.17) is 10.5 Å². The van der Waals surface area contributed by atoms with Crippen molar-refractivity contribution in [1.29, 1.82) is 0 Å². The molecule has 0 spiro atoms. The standard InChI is InChI=1S/C22H28N4O3/c1-3-20(27)17-5-4-14(11-21(17)29-2)10-16-12-19(18(13-25-16)22(23)28)26-15-6-8-24-9-7-15/h4-5,11-13,15,24H,3,6-10H2,1-2H3,(H2,23,28)(H,25,26). The van der Waals surface area contributed by atoms with Crippen LogP contribution in [-0.4, -0.2) is 42.9 Å². The lowest BCUT2D eigenvalue weighted by Crippen LogP contribution is -2.35. The fourth-order valence-corrected chi connectivity index (χ4v) is 3.57. The summed E-state index contributed by atoms with van der Waals surface area (Å²) in [6, 6.07) is 7.76. The van der Waals surface area contributed by atoms with Crippen molar-refractivity contribution < 1.29 is 14.3 Å². The Hall–Kier alpha value is -2.93. The molecule has 1 fully saturated rings. The molecule has 0 bridgehead atoms. The van der Waals surface area contributed by atoms with Gasteiger partial charge in [-0.15, -0.1) is 0 Å². The number of methoxy groups -OCH3 is 1. The topological polar surface area (TPSA) is 106 Å². The van der Waals surface area contributed by atoms with Gasteiger partial charge in [-0.05, 0) is 49.7 Å². The van der Waals surface area contributed by atoms with Crippen LogP contribution in [0.1, 0.15) is 58.2 Å². The van der Waals surface area contributed by atoms with Crippen LogP contribution in [0.2, 0.25) is 0 Å². The van der Waals surface area contributed by atoms with Crippen molar-refractivity contribution in [2.75, 3.05) is 25.5 Å². The molecule has 0 radical (unpaired) electrons. The Kier molecular flexibility index (Phi) is 6.82. The summed E-state index contributed by atoms with van der Waals surface area (Å²) in [6.07, 6.45) is 4.49. The van der Waals surface area contributed by atoms with E-state index < -0.39 is 5.91 Å². The lowest BCUT2D eigenvalue weighted by molar-refractivity contribution is 0.0981. The highest BCUT2D eigenvalue weighted by molar-refractivity contribution is 5.99. The molecule has 1 saturated heterocycles. The van der Waals surface area contributed by atoms with Crippen LogP contribution in [0.4, 0.5) is 5.69 Å². The van der Waals surface area contributed by atoms with E-state index in [1.54, 1.807) is 13.2 Å². The van der Waals surface area contributed by atoms with Gasteiger partial charge in [0.15, 0.2) is 5.78 Å². The zero-order valence-electron chi connectivity index (χ0n) is 17.0. The van der Waals surface area contributed by atoms with Crippen molar-refractivity contribution in [2.24, 2.45) is 5.73 Å². The van der Waals surface area contributed by atoms with E-state index in [0.717, 1.165) is 42.9 Å². The van der Waals surface area contributed by atoms with Crippen LogP contribution in [0.3, 0.4) is 0 Å². The number of ether oxygens (including phenoxy) is 1. The SMILES string of the molecule is CCC(=O)c1ccc(Cc2cc(NC3CCNCC3)c(C(N)=O)cn2)cc1OC. The number of amides is 1. The summed E-state index contributed by atoms with van der Waals surface area (Å²) in [7, 11) is 1.56. The van der Waals surface area contributed by atoms with Crippen LogP contribution in [0, 0.1) is 0 Å². The summed E-state index contributed by atoms with van der Waals surface area (Å²) in [5.41, 5.74) is 9.03. The smallest absolute Gasteiger partial charge is 0.252 e. The van der Waals surface area contributed by atoms with Gasteiger partial charge in [0.2, 0.25) is 0 Å². The van der Waals surface area contributed by atoms with Gasteiger partial charge in [0, 0.05) is 30.8 Å². The molecule has 1 aliphatic heterocycles. The number of aromatic nitrogens is 1. The predicted octanol–water partition coefficient (Wildman–Crippen LogP) is 2.54. The van der Waals surface area contributed by atoms with E-state index in [-0.39, 0.29) is 5.78 Å². The van der Waals surface area contributed by atoms with Crippen LogP contribution >= 0.6 is 0 Å². The molecule has 29 heavy (non-hydrogen) atoms. The number of anilines is 1. The van der Waals surface area contributed by atoms with E-state index in [2.05, 4.69) is 15.6 Å². The number of nitrogens with two attached hydrogens (primary N) is 1. The summed E-state index contributed by atoms with van der Waals surface area (Å²) < 4.78 is 5.40. The van der Waals surface area contributed by atoms with Crippen LogP contribution in [0.15, 0.2) is 30.5 Å². The second-order valence-electron chi connectivity index (χ2n) is 7.24. The van der Waals surface area contributed by atoms with Crippen molar-refractivity contribution >= 4 is 17.4 Å². The number of piperidine rings is 1. The Bertz CT molecular complexity index is 892. The average molecular weight is 396 g/mol. The highest BCUT2D eigenvalue weighted by Gasteiger charge is 2.17. The molecule has 0 saturated carbocycles. The minimum atomic E-state index is -0.496. The molecule has 2 aromatic rings. The van der Waals surface area contributed by atoms with Crippen molar-refractivity contribution in [3.63, 3.8) is 0 Å². The Balaban J connectivity index is 1.84. The van der Waals surface area contributed by atoms with Gasteiger partial charge in [0.05, 0.1) is 23.9 Å². The molecule has 7 nitrogen and oxygen atoms in total. The molecule has 1 aromatic carbocycles. The zero-order valence-corrected chi connectivity index (χ0v) is 17.0. The summed E-state index contributed by atoms with van der Waals surface area (Å²) >= 11 is 0. The molecule has 1 aromatic heterocycles. The molecule has 0 atom stereocenters. The molecular formula is C22H28N4O3. The number of rotatable bonds is 8. The number of carbonyl (C=O) groups is 2. The molecule has 0 aliphatic carbocycles. The fourth-order valence-electron chi connectivity index (χ4n) is 3.57. The number of Topliss-reactive ketones (excluding diaryl/α,β-unsaturated/α-hetero) is 1. The van der Waals surface area contributed by atoms with E-state index >= 15 is 0 Å². The van der Waals surface area contributed by atoms with Gasteiger partial charge < -0.3 is 21.1 Å². The third-order valence-electron chi connectivity index (χ3n) is 5.20. The van der Waals surface area contributed by atoms with E-state index in [9.17, 15) is 9.59 Å². The van der Waals surface area contributed by atoms with Gasteiger partial charge in [0.25, 0.3) is 5.91 Å². The quantitative estimate of drug-likeness (QED) is 0.592. The largest absolute Gasteiger partial charge is 0.496 e. The van der Waals surface area contributed by atoms with E-state index in [1.165, 1.54) is 6.20 Å². The summed E-state index contributed by atoms with van der Waals surface area (Å²) in [5, 5.41) is 6.79. The maximum Gasteiger partial charge on any atom is 0.252 e. The monoisotopic (exact) mass is 396 g/mol. The number of benzene rings is 1. The molecule has 2 heterocycles. The van der Waals surface area contributed by atoms with Gasteiger partial charge in [0.1, 0.15) is 5.75 Å². The highest BCUT2D eigenvalue weighted by atomic mass is 16.5. The third-order valence-corrected chi connectivity index (χ3v) is 5.20. The van der Waals surface area contributed by atoms with Gasteiger partial charge in [-0.25, -0.2) is 0 Å². The average Bonchev–Trinajstić information content (AvgIpc) is 2.73. The Labute approximate surface area is 171 Å². The predicted molar refractivity (Wildman–Crippen MR) is 113 cm³/mol. The zero-order chi connectivity index (χ0) is 20.8. The van der Waals surface area contributed by atoms with Gasteiger partial charge in [-0.3, -0.25) is 14.6 Å².